The van der Waals surface area contributed by atoms with Gasteiger partial charge in [-0.05, 0) is 54.7 Å². The number of hydrogen-bond donors (Lipinski definition) is 0. The molecule has 2 rings (SSSR count). The normalized spacial score (nSPS) is 12.5. The lowest BCUT2D eigenvalue weighted by molar-refractivity contribution is 0.608. The van der Waals surface area contributed by atoms with Crippen molar-refractivity contribution in [3.8, 4) is 0 Å². The maximum Gasteiger partial charge on any atom is 0.126 e. The monoisotopic (exact) mass is 384 g/mol. The predicted molar refractivity (Wildman–Crippen MR) is 85.4 cm³/mol. The average Bonchev–Trinajstić information content (AvgIpc) is 2.36. The van der Waals surface area contributed by atoms with Crippen LogP contribution in [0, 0.1) is 19.7 Å². The molecule has 0 amide bonds. The van der Waals surface area contributed by atoms with Gasteiger partial charge >= 0.3 is 0 Å². The van der Waals surface area contributed by atoms with E-state index in [9.17, 15) is 4.39 Å². The quantitative estimate of drug-likeness (QED) is 0.578. The molecule has 2 aromatic carbocycles. The Bertz CT molecular complexity index is 593. The van der Waals surface area contributed by atoms with Crippen LogP contribution in [0.3, 0.4) is 0 Å². The minimum atomic E-state index is -0.140. The van der Waals surface area contributed by atoms with Crippen LogP contribution in [0.1, 0.15) is 27.1 Å². The Hall–Kier alpha value is -0.670. The first kappa shape index (κ1) is 14.7. The molecule has 1 unspecified atom stereocenters. The molecule has 0 aliphatic rings. The third-order valence-electron chi connectivity index (χ3n) is 3.24. The van der Waals surface area contributed by atoms with Gasteiger partial charge in [-0.2, -0.15) is 0 Å². The smallest absolute Gasteiger partial charge is 0.126 e. The summed E-state index contributed by atoms with van der Waals surface area (Å²) in [4.78, 5) is 0.121. The number of halogens is 3. The first-order chi connectivity index (χ1) is 8.99. The molecule has 0 saturated heterocycles. The molecule has 0 saturated carbocycles. The van der Waals surface area contributed by atoms with Gasteiger partial charge in [0.1, 0.15) is 5.82 Å². The summed E-state index contributed by atoms with van der Waals surface area (Å²) in [6.07, 6.45) is 0.647. The standard InChI is InChI=1S/C16H15Br2F/c1-10-8-14(17)11(2)7-13(10)15(18)9-12-5-3-4-6-16(12)19/h3-8,15H,9H2,1-2H3. The van der Waals surface area contributed by atoms with E-state index in [1.54, 1.807) is 6.07 Å². The fourth-order valence-corrected chi connectivity index (χ4v) is 3.41. The molecule has 0 spiro atoms. The van der Waals surface area contributed by atoms with Gasteiger partial charge in [0.25, 0.3) is 0 Å². The zero-order chi connectivity index (χ0) is 14.0. The second-order valence-electron chi connectivity index (χ2n) is 4.72. The van der Waals surface area contributed by atoms with E-state index in [0.717, 1.165) is 10.0 Å². The summed E-state index contributed by atoms with van der Waals surface area (Å²) in [5.41, 5.74) is 4.35. The van der Waals surface area contributed by atoms with Crippen molar-refractivity contribution in [3.63, 3.8) is 0 Å². The van der Waals surface area contributed by atoms with Crippen molar-refractivity contribution in [1.29, 1.82) is 0 Å². The lowest BCUT2D eigenvalue weighted by Gasteiger charge is -2.15. The summed E-state index contributed by atoms with van der Waals surface area (Å²) in [6.45, 7) is 4.14. The molecule has 0 aliphatic carbocycles. The van der Waals surface area contributed by atoms with E-state index >= 15 is 0 Å². The summed E-state index contributed by atoms with van der Waals surface area (Å²) in [5, 5.41) is 0. The highest BCUT2D eigenvalue weighted by molar-refractivity contribution is 9.10. The molecular weight excluding hydrogens is 371 g/mol. The van der Waals surface area contributed by atoms with Crippen LogP contribution in [0.4, 0.5) is 4.39 Å². The summed E-state index contributed by atoms with van der Waals surface area (Å²) in [5.74, 6) is -0.140. The van der Waals surface area contributed by atoms with Crippen molar-refractivity contribution in [1.82, 2.24) is 0 Å². The van der Waals surface area contributed by atoms with Crippen LogP contribution in [0.25, 0.3) is 0 Å². The molecule has 0 bridgehead atoms. The van der Waals surface area contributed by atoms with Gasteiger partial charge in [0, 0.05) is 9.30 Å². The van der Waals surface area contributed by atoms with Crippen LogP contribution >= 0.6 is 31.9 Å². The van der Waals surface area contributed by atoms with Crippen molar-refractivity contribution in [3.05, 3.63) is 68.9 Å². The fraction of sp³-hybridized carbons (Fsp3) is 0.250. The number of rotatable bonds is 3. The molecule has 100 valence electrons. The summed E-state index contributed by atoms with van der Waals surface area (Å²) in [7, 11) is 0. The molecule has 19 heavy (non-hydrogen) atoms. The van der Waals surface area contributed by atoms with Crippen LogP contribution in [0.5, 0.6) is 0 Å². The number of aryl methyl sites for hydroxylation is 2. The van der Waals surface area contributed by atoms with Gasteiger partial charge in [0.05, 0.1) is 0 Å². The molecule has 0 radical (unpaired) electrons. The highest BCUT2D eigenvalue weighted by Gasteiger charge is 2.14. The number of hydrogen-bond acceptors (Lipinski definition) is 0. The second-order valence-corrected chi connectivity index (χ2v) is 6.68. The molecule has 3 heteroatoms. The number of benzene rings is 2. The zero-order valence-corrected chi connectivity index (χ0v) is 14.1. The molecular formula is C16H15Br2F. The minimum absolute atomic E-state index is 0.121. The van der Waals surface area contributed by atoms with Gasteiger partial charge < -0.3 is 0 Å². The third-order valence-corrected chi connectivity index (χ3v) is 4.91. The van der Waals surface area contributed by atoms with Crippen molar-refractivity contribution in [2.45, 2.75) is 25.1 Å². The summed E-state index contributed by atoms with van der Waals surface area (Å²) < 4.78 is 14.8. The number of alkyl halides is 1. The third kappa shape index (κ3) is 3.46. The van der Waals surface area contributed by atoms with E-state index in [0.29, 0.717) is 6.42 Å². The van der Waals surface area contributed by atoms with Crippen molar-refractivity contribution < 1.29 is 4.39 Å². The molecule has 2 aromatic rings. The van der Waals surface area contributed by atoms with Crippen LogP contribution < -0.4 is 0 Å². The van der Waals surface area contributed by atoms with E-state index in [-0.39, 0.29) is 10.6 Å². The van der Waals surface area contributed by atoms with Crippen LogP contribution in [-0.4, -0.2) is 0 Å². The van der Waals surface area contributed by atoms with E-state index in [1.165, 1.54) is 22.8 Å². The average molecular weight is 386 g/mol. The second kappa shape index (κ2) is 6.19. The van der Waals surface area contributed by atoms with Gasteiger partial charge in [-0.3, -0.25) is 0 Å². The molecule has 0 heterocycles. The first-order valence-corrected chi connectivity index (χ1v) is 7.84. The maximum absolute atomic E-state index is 13.7. The molecule has 0 nitrogen and oxygen atoms in total. The van der Waals surface area contributed by atoms with E-state index in [4.69, 9.17) is 0 Å². The van der Waals surface area contributed by atoms with Crippen molar-refractivity contribution >= 4 is 31.9 Å². The Morgan fingerprint density at radius 2 is 1.79 bits per heavy atom. The summed E-state index contributed by atoms with van der Waals surface area (Å²) >= 11 is 7.22. The van der Waals surface area contributed by atoms with Crippen LogP contribution in [-0.2, 0) is 6.42 Å². The highest BCUT2D eigenvalue weighted by Crippen LogP contribution is 2.33. The van der Waals surface area contributed by atoms with E-state index in [1.807, 2.05) is 12.1 Å². The Balaban J connectivity index is 2.28. The van der Waals surface area contributed by atoms with Crippen molar-refractivity contribution in [2.24, 2.45) is 0 Å². The molecule has 0 aliphatic heterocycles. The Morgan fingerprint density at radius 1 is 1.11 bits per heavy atom. The highest BCUT2D eigenvalue weighted by atomic mass is 79.9. The van der Waals surface area contributed by atoms with Crippen LogP contribution in [0.2, 0.25) is 0 Å². The van der Waals surface area contributed by atoms with E-state index in [2.05, 4.69) is 57.8 Å². The SMILES string of the molecule is Cc1cc(C(Br)Cc2ccccc2F)c(C)cc1Br. The maximum atomic E-state index is 13.7. The molecule has 1 atom stereocenters. The lowest BCUT2D eigenvalue weighted by Crippen LogP contribution is -2.01. The van der Waals surface area contributed by atoms with Gasteiger partial charge in [-0.1, -0.05) is 56.1 Å². The van der Waals surface area contributed by atoms with Gasteiger partial charge in [0.2, 0.25) is 0 Å². The Morgan fingerprint density at radius 3 is 2.47 bits per heavy atom. The lowest BCUT2D eigenvalue weighted by atomic mass is 9.98. The van der Waals surface area contributed by atoms with Gasteiger partial charge in [0.15, 0.2) is 0 Å². The van der Waals surface area contributed by atoms with Crippen LogP contribution in [0.15, 0.2) is 40.9 Å². The van der Waals surface area contributed by atoms with E-state index < -0.39 is 0 Å². The van der Waals surface area contributed by atoms with Gasteiger partial charge in [-0.25, -0.2) is 4.39 Å². The molecule has 0 N–H and O–H groups in total. The minimum Gasteiger partial charge on any atom is -0.207 e. The predicted octanol–water partition coefficient (Wildman–Crippen LogP) is 5.88. The topological polar surface area (TPSA) is 0 Å². The van der Waals surface area contributed by atoms with Gasteiger partial charge in [-0.15, -0.1) is 0 Å². The zero-order valence-electron chi connectivity index (χ0n) is 10.9. The summed E-state index contributed by atoms with van der Waals surface area (Å²) in [6, 6.07) is 11.2. The first-order valence-electron chi connectivity index (χ1n) is 6.13. The van der Waals surface area contributed by atoms with Crippen molar-refractivity contribution in [2.75, 3.05) is 0 Å². The fourth-order valence-electron chi connectivity index (χ4n) is 2.11. The molecule has 0 fully saturated rings. The Labute approximate surface area is 130 Å². The Kier molecular flexibility index (Phi) is 4.80. The largest absolute Gasteiger partial charge is 0.207 e. The molecule has 0 aromatic heterocycles.